The lowest BCUT2D eigenvalue weighted by atomic mass is 9.93. The first-order valence-corrected chi connectivity index (χ1v) is 10.9. The van der Waals surface area contributed by atoms with Crippen molar-refractivity contribution in [1.29, 1.82) is 0 Å². The van der Waals surface area contributed by atoms with Crippen LogP contribution in [0.2, 0.25) is 0 Å². The molecule has 0 spiro atoms. The zero-order valence-corrected chi connectivity index (χ0v) is 16.9. The number of hydrogen-bond acceptors (Lipinski definition) is 5. The fourth-order valence-electron chi connectivity index (χ4n) is 3.57. The van der Waals surface area contributed by atoms with Crippen LogP contribution >= 0.6 is 11.8 Å². The molecular weight excluding hydrogens is 384 g/mol. The number of aliphatic hydroxyl groups excluding tert-OH is 1. The van der Waals surface area contributed by atoms with E-state index in [1.54, 1.807) is 0 Å². The molecule has 0 saturated heterocycles. The van der Waals surface area contributed by atoms with E-state index < -0.39 is 0 Å². The van der Waals surface area contributed by atoms with Gasteiger partial charge in [0.05, 0.1) is 11.9 Å². The van der Waals surface area contributed by atoms with Crippen molar-refractivity contribution < 1.29 is 9.90 Å². The molecule has 2 N–H and O–H groups in total. The molecule has 1 aromatic heterocycles. The van der Waals surface area contributed by atoms with E-state index in [-0.39, 0.29) is 23.8 Å². The fraction of sp³-hybridized carbons (Fsp3) is 0.318. The Bertz CT molecular complexity index is 938. The molecule has 1 aliphatic rings. The maximum absolute atomic E-state index is 12.4. The predicted molar refractivity (Wildman–Crippen MR) is 114 cm³/mol. The van der Waals surface area contributed by atoms with Crippen LogP contribution in [0.15, 0.2) is 65.8 Å². The van der Waals surface area contributed by atoms with Gasteiger partial charge in [-0.2, -0.15) is 0 Å². The van der Waals surface area contributed by atoms with Crippen molar-refractivity contribution in [3.05, 3.63) is 60.7 Å². The summed E-state index contributed by atoms with van der Waals surface area (Å²) in [6.07, 6.45) is 2.94. The van der Waals surface area contributed by atoms with Gasteiger partial charge in [-0.15, -0.1) is 10.2 Å². The van der Waals surface area contributed by atoms with Gasteiger partial charge in [-0.05, 0) is 37.8 Å². The van der Waals surface area contributed by atoms with Gasteiger partial charge in [0.1, 0.15) is 0 Å². The molecule has 3 aromatic rings. The average Bonchev–Trinajstić information content (AvgIpc) is 3.19. The Morgan fingerprint density at radius 2 is 1.66 bits per heavy atom. The van der Waals surface area contributed by atoms with E-state index in [1.807, 2.05) is 65.2 Å². The Kier molecular flexibility index (Phi) is 6.27. The predicted octanol–water partition coefficient (Wildman–Crippen LogP) is 3.45. The fourth-order valence-corrected chi connectivity index (χ4v) is 4.33. The molecule has 0 radical (unpaired) electrons. The lowest BCUT2D eigenvalue weighted by molar-refractivity contribution is -0.119. The summed E-state index contributed by atoms with van der Waals surface area (Å²) in [4.78, 5) is 12.4. The van der Waals surface area contributed by atoms with Crippen LogP contribution in [0.5, 0.6) is 0 Å². The van der Waals surface area contributed by atoms with E-state index in [1.165, 1.54) is 11.8 Å². The van der Waals surface area contributed by atoms with Crippen LogP contribution in [0.4, 0.5) is 0 Å². The van der Waals surface area contributed by atoms with Gasteiger partial charge in [0.25, 0.3) is 0 Å². The molecule has 0 atom stereocenters. The van der Waals surface area contributed by atoms with Gasteiger partial charge in [0.2, 0.25) is 5.91 Å². The van der Waals surface area contributed by atoms with Gasteiger partial charge in [0, 0.05) is 17.3 Å². The van der Waals surface area contributed by atoms with Gasteiger partial charge < -0.3 is 10.4 Å². The molecule has 2 aromatic carbocycles. The maximum atomic E-state index is 12.4. The molecule has 6 nitrogen and oxygen atoms in total. The van der Waals surface area contributed by atoms with Gasteiger partial charge in [-0.1, -0.05) is 60.3 Å². The van der Waals surface area contributed by atoms with Crippen molar-refractivity contribution in [2.24, 2.45) is 0 Å². The second-order valence-electron chi connectivity index (χ2n) is 7.20. The number of aliphatic hydroxyl groups is 1. The van der Waals surface area contributed by atoms with Crippen molar-refractivity contribution >= 4 is 17.7 Å². The molecule has 1 heterocycles. The minimum atomic E-state index is -0.224. The SMILES string of the molecule is O=C(CSc1nnc(-c2ccccc2)n1-c1ccccc1)NC1CCC(O)CC1. The largest absolute Gasteiger partial charge is 0.393 e. The van der Waals surface area contributed by atoms with Crippen LogP contribution in [0, 0.1) is 0 Å². The van der Waals surface area contributed by atoms with Crippen LogP contribution in [0.25, 0.3) is 17.1 Å². The number of hydrogen-bond donors (Lipinski definition) is 2. The first-order valence-electron chi connectivity index (χ1n) is 9.87. The average molecular weight is 409 g/mol. The smallest absolute Gasteiger partial charge is 0.230 e. The number of carbonyl (C=O) groups is 1. The molecule has 4 rings (SSSR count). The summed E-state index contributed by atoms with van der Waals surface area (Å²) in [5, 5.41) is 22.1. The van der Waals surface area contributed by atoms with Crippen molar-refractivity contribution in [2.45, 2.75) is 43.0 Å². The summed E-state index contributed by atoms with van der Waals surface area (Å²) < 4.78 is 1.99. The van der Waals surface area contributed by atoms with Crippen LogP contribution in [0.3, 0.4) is 0 Å². The molecule has 29 heavy (non-hydrogen) atoms. The summed E-state index contributed by atoms with van der Waals surface area (Å²) in [5.41, 5.74) is 1.93. The number of thioether (sulfide) groups is 1. The van der Waals surface area contributed by atoms with Gasteiger partial charge in [-0.3, -0.25) is 9.36 Å². The zero-order chi connectivity index (χ0) is 20.1. The summed E-state index contributed by atoms with van der Waals surface area (Å²) in [6, 6.07) is 20.0. The van der Waals surface area contributed by atoms with Crippen molar-refractivity contribution in [3.8, 4) is 17.1 Å². The number of rotatable bonds is 6. The highest BCUT2D eigenvalue weighted by molar-refractivity contribution is 7.99. The molecule has 0 bridgehead atoms. The number of aromatic nitrogens is 3. The minimum Gasteiger partial charge on any atom is -0.393 e. The van der Waals surface area contributed by atoms with Crippen LogP contribution < -0.4 is 5.32 Å². The molecule has 0 aliphatic heterocycles. The van der Waals surface area contributed by atoms with Gasteiger partial charge in [0.15, 0.2) is 11.0 Å². The minimum absolute atomic E-state index is 0.0136. The van der Waals surface area contributed by atoms with Gasteiger partial charge >= 0.3 is 0 Å². The molecule has 0 unspecified atom stereocenters. The van der Waals surface area contributed by atoms with Crippen molar-refractivity contribution in [1.82, 2.24) is 20.1 Å². The highest BCUT2D eigenvalue weighted by Crippen LogP contribution is 2.28. The molecule has 1 aliphatic carbocycles. The lowest BCUT2D eigenvalue weighted by Crippen LogP contribution is -2.39. The van der Waals surface area contributed by atoms with Crippen LogP contribution in [-0.4, -0.2) is 43.7 Å². The van der Waals surface area contributed by atoms with E-state index in [0.29, 0.717) is 5.16 Å². The number of nitrogens with zero attached hydrogens (tertiary/aromatic N) is 3. The molecule has 1 fully saturated rings. The molecule has 150 valence electrons. The number of benzene rings is 2. The second kappa shape index (κ2) is 9.24. The van der Waals surface area contributed by atoms with E-state index in [9.17, 15) is 9.90 Å². The normalized spacial score (nSPS) is 19.1. The number of para-hydroxylation sites is 1. The maximum Gasteiger partial charge on any atom is 0.230 e. The highest BCUT2D eigenvalue weighted by Gasteiger charge is 2.22. The zero-order valence-electron chi connectivity index (χ0n) is 16.1. The standard InChI is InChI=1S/C22H24N4O2S/c27-19-13-11-17(12-14-19)23-20(28)15-29-22-25-24-21(16-7-3-1-4-8-16)26(22)18-9-5-2-6-10-18/h1-10,17,19,27H,11-15H2,(H,23,28). The van der Waals surface area contributed by atoms with Crippen LogP contribution in [0.1, 0.15) is 25.7 Å². The number of amides is 1. The van der Waals surface area contributed by atoms with Crippen molar-refractivity contribution in [3.63, 3.8) is 0 Å². The van der Waals surface area contributed by atoms with E-state index >= 15 is 0 Å². The molecular formula is C22H24N4O2S. The molecule has 1 saturated carbocycles. The van der Waals surface area contributed by atoms with Crippen LogP contribution in [-0.2, 0) is 4.79 Å². The van der Waals surface area contributed by atoms with E-state index in [0.717, 1.165) is 42.8 Å². The summed E-state index contributed by atoms with van der Waals surface area (Å²) in [7, 11) is 0. The third-order valence-corrected chi connectivity index (χ3v) is 6.00. The highest BCUT2D eigenvalue weighted by atomic mass is 32.2. The topological polar surface area (TPSA) is 80.0 Å². The van der Waals surface area contributed by atoms with E-state index in [4.69, 9.17) is 0 Å². The second-order valence-corrected chi connectivity index (χ2v) is 8.15. The number of carbonyl (C=O) groups excluding carboxylic acids is 1. The van der Waals surface area contributed by atoms with Gasteiger partial charge in [-0.25, -0.2) is 0 Å². The van der Waals surface area contributed by atoms with E-state index in [2.05, 4.69) is 15.5 Å². The monoisotopic (exact) mass is 408 g/mol. The summed E-state index contributed by atoms with van der Waals surface area (Å²) in [5.74, 6) is 1.01. The Hall–Kier alpha value is -2.64. The Labute approximate surface area is 174 Å². The van der Waals surface area contributed by atoms with Crippen molar-refractivity contribution in [2.75, 3.05) is 5.75 Å². The Morgan fingerprint density at radius 1 is 1.00 bits per heavy atom. The third kappa shape index (κ3) is 4.86. The summed E-state index contributed by atoms with van der Waals surface area (Å²) in [6.45, 7) is 0. The quantitative estimate of drug-likeness (QED) is 0.611. The first-order chi connectivity index (χ1) is 14.2. The Balaban J connectivity index is 1.50. The molecule has 1 amide bonds. The third-order valence-electron chi connectivity index (χ3n) is 5.07. The first kappa shape index (κ1) is 19.7. The lowest BCUT2D eigenvalue weighted by Gasteiger charge is -2.26. The summed E-state index contributed by atoms with van der Waals surface area (Å²) >= 11 is 1.38. The Morgan fingerprint density at radius 3 is 2.34 bits per heavy atom. The number of nitrogens with one attached hydrogen (secondary N) is 1. The molecule has 7 heteroatoms.